The molecule has 1 heterocycles. The first-order valence-corrected chi connectivity index (χ1v) is 10.9. The molecule has 8 heteroatoms. The minimum atomic E-state index is -0.251. The molecule has 0 unspecified atom stereocenters. The first kappa shape index (κ1) is 21.5. The number of carbonyl (C=O) groups excluding carboxylic acids is 2. The molecule has 1 fully saturated rings. The van der Waals surface area contributed by atoms with Crippen molar-refractivity contribution in [1.82, 2.24) is 25.6 Å². The first-order valence-electron chi connectivity index (χ1n) is 10.9. The van der Waals surface area contributed by atoms with Crippen molar-refractivity contribution in [3.05, 3.63) is 71.0 Å². The van der Waals surface area contributed by atoms with E-state index in [4.69, 9.17) is 4.74 Å². The number of nitrogens with zero attached hydrogens (tertiary/aromatic N) is 3. The topological polar surface area (TPSA) is 98.1 Å². The fraction of sp³-hybridized carbons (Fsp3) is 0.333. The highest BCUT2D eigenvalue weighted by molar-refractivity contribution is 5.94. The molecule has 0 bridgehead atoms. The zero-order valence-corrected chi connectivity index (χ0v) is 18.3. The molecule has 0 radical (unpaired) electrons. The number of hydrogen-bond donors (Lipinski definition) is 2. The summed E-state index contributed by atoms with van der Waals surface area (Å²) in [5.74, 6) is 0.331. The molecule has 0 aliphatic heterocycles. The fourth-order valence-electron chi connectivity index (χ4n) is 3.32. The van der Waals surface area contributed by atoms with Gasteiger partial charge < -0.3 is 15.4 Å². The second kappa shape index (κ2) is 9.64. The lowest BCUT2D eigenvalue weighted by molar-refractivity contribution is 0.0939. The Hall–Kier alpha value is -3.68. The average molecular weight is 434 g/mol. The molecule has 3 aromatic rings. The van der Waals surface area contributed by atoms with Crippen LogP contribution in [0, 0.1) is 0 Å². The van der Waals surface area contributed by atoms with Crippen molar-refractivity contribution in [2.45, 2.75) is 45.8 Å². The second-order valence-electron chi connectivity index (χ2n) is 7.74. The molecule has 2 N–H and O–H groups in total. The standard InChI is InChI=1S/C24H27N5O3/c1-3-16-6-5-7-20(14-16)32-15-21-22(24(31)26-18-10-11-18)27-28-29(21)19-12-8-17(9-13-19)23(30)25-4-2/h5-9,12-14,18H,3-4,10-11,15H2,1-2H3,(H,25,30)(H,26,31). The predicted octanol–water partition coefficient (Wildman–Crippen LogP) is 3.05. The maximum Gasteiger partial charge on any atom is 0.274 e. The fourth-order valence-corrected chi connectivity index (χ4v) is 3.32. The Kier molecular flexibility index (Phi) is 6.49. The molecule has 0 atom stereocenters. The molecule has 166 valence electrons. The van der Waals surface area contributed by atoms with Crippen molar-refractivity contribution >= 4 is 11.8 Å². The normalized spacial score (nSPS) is 12.9. The zero-order chi connectivity index (χ0) is 22.5. The number of nitrogens with one attached hydrogen (secondary N) is 2. The van der Waals surface area contributed by atoms with Crippen LogP contribution in [0.25, 0.3) is 5.69 Å². The molecular weight excluding hydrogens is 406 g/mol. The van der Waals surface area contributed by atoms with Crippen LogP contribution in [0.15, 0.2) is 48.5 Å². The molecule has 32 heavy (non-hydrogen) atoms. The third kappa shape index (κ3) is 4.96. The van der Waals surface area contributed by atoms with E-state index in [0.29, 0.717) is 23.5 Å². The van der Waals surface area contributed by atoms with Gasteiger partial charge in [-0.1, -0.05) is 24.3 Å². The van der Waals surface area contributed by atoms with Gasteiger partial charge in [0, 0.05) is 18.2 Å². The molecule has 0 saturated heterocycles. The number of aryl methyl sites for hydroxylation is 1. The maximum atomic E-state index is 12.8. The molecule has 8 nitrogen and oxygen atoms in total. The average Bonchev–Trinajstić information content (AvgIpc) is 3.53. The SMILES string of the molecule is CCNC(=O)c1ccc(-n2nnc(C(=O)NC3CC3)c2COc2cccc(CC)c2)cc1. The summed E-state index contributed by atoms with van der Waals surface area (Å²) in [4.78, 5) is 24.8. The summed E-state index contributed by atoms with van der Waals surface area (Å²) in [5, 5.41) is 14.1. The van der Waals surface area contributed by atoms with E-state index >= 15 is 0 Å². The molecule has 2 aromatic carbocycles. The number of hydrogen-bond acceptors (Lipinski definition) is 5. The van der Waals surface area contributed by atoms with Gasteiger partial charge in [0.05, 0.1) is 5.69 Å². The van der Waals surface area contributed by atoms with Gasteiger partial charge in [0.2, 0.25) is 0 Å². The van der Waals surface area contributed by atoms with Crippen molar-refractivity contribution in [2.24, 2.45) is 0 Å². The third-order valence-corrected chi connectivity index (χ3v) is 5.28. The van der Waals surface area contributed by atoms with Gasteiger partial charge in [-0.25, -0.2) is 4.68 Å². The van der Waals surface area contributed by atoms with E-state index in [9.17, 15) is 9.59 Å². The van der Waals surface area contributed by atoms with E-state index in [-0.39, 0.29) is 30.2 Å². The van der Waals surface area contributed by atoms with Crippen molar-refractivity contribution in [2.75, 3.05) is 6.54 Å². The predicted molar refractivity (Wildman–Crippen MR) is 120 cm³/mol. The highest BCUT2D eigenvalue weighted by Gasteiger charge is 2.28. The maximum absolute atomic E-state index is 12.8. The van der Waals surface area contributed by atoms with Gasteiger partial charge in [-0.3, -0.25) is 9.59 Å². The minimum Gasteiger partial charge on any atom is -0.487 e. The van der Waals surface area contributed by atoms with Crippen LogP contribution in [0.5, 0.6) is 5.75 Å². The Bertz CT molecular complexity index is 1100. The lowest BCUT2D eigenvalue weighted by atomic mass is 10.1. The minimum absolute atomic E-state index is 0.131. The van der Waals surface area contributed by atoms with Crippen molar-refractivity contribution in [3.8, 4) is 11.4 Å². The summed E-state index contributed by atoms with van der Waals surface area (Å²) < 4.78 is 7.61. The van der Waals surface area contributed by atoms with Gasteiger partial charge in [-0.15, -0.1) is 5.10 Å². The third-order valence-electron chi connectivity index (χ3n) is 5.28. The Morgan fingerprint density at radius 1 is 1.09 bits per heavy atom. The first-order chi connectivity index (χ1) is 15.6. The smallest absolute Gasteiger partial charge is 0.274 e. The van der Waals surface area contributed by atoms with Gasteiger partial charge >= 0.3 is 0 Å². The van der Waals surface area contributed by atoms with Gasteiger partial charge in [0.15, 0.2) is 5.69 Å². The molecule has 4 rings (SSSR count). The summed E-state index contributed by atoms with van der Waals surface area (Å²) in [6.07, 6.45) is 2.87. The van der Waals surface area contributed by atoms with E-state index in [2.05, 4.69) is 27.9 Å². The second-order valence-corrected chi connectivity index (χ2v) is 7.74. The number of benzene rings is 2. The number of amides is 2. The van der Waals surface area contributed by atoms with Crippen LogP contribution >= 0.6 is 0 Å². The Labute approximate surface area is 187 Å². The Balaban J connectivity index is 1.61. The summed E-state index contributed by atoms with van der Waals surface area (Å²) >= 11 is 0. The van der Waals surface area contributed by atoms with E-state index in [0.717, 1.165) is 25.0 Å². The monoisotopic (exact) mass is 433 g/mol. The molecule has 1 aromatic heterocycles. The van der Waals surface area contributed by atoms with E-state index in [1.165, 1.54) is 5.56 Å². The van der Waals surface area contributed by atoms with E-state index in [1.54, 1.807) is 28.9 Å². The van der Waals surface area contributed by atoms with Gasteiger partial charge in [0.25, 0.3) is 11.8 Å². The van der Waals surface area contributed by atoms with Crippen LogP contribution in [0.1, 0.15) is 58.8 Å². The lowest BCUT2D eigenvalue weighted by Gasteiger charge is -2.11. The molecule has 1 aliphatic rings. The van der Waals surface area contributed by atoms with Crippen LogP contribution < -0.4 is 15.4 Å². The largest absolute Gasteiger partial charge is 0.487 e. The number of carbonyl (C=O) groups is 2. The quantitative estimate of drug-likeness (QED) is 0.541. The van der Waals surface area contributed by atoms with Gasteiger partial charge in [0.1, 0.15) is 18.1 Å². The van der Waals surface area contributed by atoms with Crippen LogP contribution in [0.4, 0.5) is 0 Å². The number of rotatable bonds is 9. The summed E-state index contributed by atoms with van der Waals surface area (Å²) in [6, 6.07) is 15.1. The molecule has 1 saturated carbocycles. The van der Waals surface area contributed by atoms with Gasteiger partial charge in [-0.2, -0.15) is 0 Å². The number of ether oxygens (including phenoxy) is 1. The Morgan fingerprint density at radius 2 is 1.88 bits per heavy atom. The lowest BCUT2D eigenvalue weighted by Crippen LogP contribution is -2.27. The van der Waals surface area contributed by atoms with Crippen molar-refractivity contribution in [3.63, 3.8) is 0 Å². The highest BCUT2D eigenvalue weighted by atomic mass is 16.5. The summed E-state index contributed by atoms with van der Waals surface area (Å²) in [7, 11) is 0. The van der Waals surface area contributed by atoms with E-state index in [1.807, 2.05) is 31.2 Å². The van der Waals surface area contributed by atoms with Crippen molar-refractivity contribution < 1.29 is 14.3 Å². The van der Waals surface area contributed by atoms with Gasteiger partial charge in [-0.05, 0) is 68.1 Å². The van der Waals surface area contributed by atoms with Crippen LogP contribution in [0.3, 0.4) is 0 Å². The van der Waals surface area contributed by atoms with E-state index < -0.39 is 0 Å². The summed E-state index contributed by atoms with van der Waals surface area (Å²) in [5.41, 5.74) is 3.21. The molecule has 0 spiro atoms. The Morgan fingerprint density at radius 3 is 2.56 bits per heavy atom. The summed E-state index contributed by atoms with van der Waals surface area (Å²) in [6.45, 7) is 4.65. The highest BCUT2D eigenvalue weighted by Crippen LogP contribution is 2.22. The van der Waals surface area contributed by atoms with Crippen LogP contribution in [-0.2, 0) is 13.0 Å². The molecular formula is C24H27N5O3. The van der Waals surface area contributed by atoms with Crippen LogP contribution in [0.2, 0.25) is 0 Å². The molecule has 2 amide bonds. The zero-order valence-electron chi connectivity index (χ0n) is 18.3. The van der Waals surface area contributed by atoms with Crippen molar-refractivity contribution in [1.29, 1.82) is 0 Å². The van der Waals surface area contributed by atoms with Crippen LogP contribution in [-0.4, -0.2) is 39.4 Å². The number of aromatic nitrogens is 3. The molecule has 1 aliphatic carbocycles.